The van der Waals surface area contributed by atoms with Gasteiger partial charge in [-0.25, -0.2) is 10.0 Å². The molecule has 88 valence electrons. The Labute approximate surface area is 104 Å². The SMILES string of the molecule is CON(C)C(=O)c1nc(Cl)ccc1CSC. The van der Waals surface area contributed by atoms with Crippen LogP contribution in [0.2, 0.25) is 5.15 Å². The lowest BCUT2D eigenvalue weighted by Crippen LogP contribution is -2.27. The number of amides is 1. The van der Waals surface area contributed by atoms with Gasteiger partial charge in [-0.2, -0.15) is 11.8 Å². The fraction of sp³-hybridized carbons (Fsp3) is 0.400. The van der Waals surface area contributed by atoms with E-state index in [1.165, 1.54) is 14.2 Å². The van der Waals surface area contributed by atoms with E-state index in [-0.39, 0.29) is 5.91 Å². The number of halogens is 1. The Morgan fingerprint density at radius 3 is 2.88 bits per heavy atom. The molecule has 1 heterocycles. The van der Waals surface area contributed by atoms with E-state index >= 15 is 0 Å². The molecule has 0 radical (unpaired) electrons. The molecular formula is C10H13ClN2O2S. The van der Waals surface area contributed by atoms with Crippen LogP contribution >= 0.6 is 23.4 Å². The second-order valence-corrected chi connectivity index (χ2v) is 4.31. The van der Waals surface area contributed by atoms with Crippen LogP contribution in [-0.2, 0) is 10.6 Å². The molecule has 0 saturated carbocycles. The smallest absolute Gasteiger partial charge is 0.274 e. The van der Waals surface area contributed by atoms with Crippen molar-refractivity contribution < 1.29 is 9.63 Å². The van der Waals surface area contributed by atoms with Gasteiger partial charge in [-0.15, -0.1) is 0 Å². The molecule has 0 aliphatic carbocycles. The Hall–Kier alpha value is -0.780. The molecule has 1 aromatic rings. The number of carbonyl (C=O) groups excluding carboxylic acids is 1. The Bertz CT molecular complexity index is 387. The minimum atomic E-state index is -0.297. The summed E-state index contributed by atoms with van der Waals surface area (Å²) in [5.41, 5.74) is 1.19. The fourth-order valence-corrected chi connectivity index (χ4v) is 1.84. The van der Waals surface area contributed by atoms with Gasteiger partial charge < -0.3 is 0 Å². The average Bonchev–Trinajstić information content (AvgIpc) is 2.29. The number of nitrogens with zero attached hydrogens (tertiary/aromatic N) is 2. The summed E-state index contributed by atoms with van der Waals surface area (Å²) in [5.74, 6) is 0.414. The molecular weight excluding hydrogens is 248 g/mol. The van der Waals surface area contributed by atoms with Crippen molar-refractivity contribution in [3.63, 3.8) is 0 Å². The first-order valence-electron chi connectivity index (χ1n) is 4.56. The number of pyridine rings is 1. The first-order valence-corrected chi connectivity index (χ1v) is 6.33. The first kappa shape index (κ1) is 13.3. The third-order valence-corrected chi connectivity index (χ3v) is 2.82. The van der Waals surface area contributed by atoms with Crippen molar-refractivity contribution in [3.8, 4) is 0 Å². The largest absolute Gasteiger partial charge is 0.296 e. The van der Waals surface area contributed by atoms with E-state index in [4.69, 9.17) is 16.4 Å². The van der Waals surface area contributed by atoms with E-state index < -0.39 is 0 Å². The number of hydrogen-bond acceptors (Lipinski definition) is 4. The normalized spacial score (nSPS) is 10.2. The highest BCUT2D eigenvalue weighted by atomic mass is 35.5. The van der Waals surface area contributed by atoms with E-state index in [1.807, 2.05) is 12.3 Å². The molecule has 0 spiro atoms. The number of hydroxylamine groups is 2. The van der Waals surface area contributed by atoms with E-state index in [1.54, 1.807) is 17.8 Å². The number of aromatic nitrogens is 1. The van der Waals surface area contributed by atoms with Crippen molar-refractivity contribution >= 4 is 29.3 Å². The van der Waals surface area contributed by atoms with Crippen molar-refractivity contribution in [2.75, 3.05) is 20.4 Å². The highest BCUT2D eigenvalue weighted by Gasteiger charge is 2.17. The van der Waals surface area contributed by atoms with Gasteiger partial charge in [0.05, 0.1) is 7.11 Å². The molecule has 0 aliphatic rings. The molecule has 0 unspecified atom stereocenters. The highest BCUT2D eigenvalue weighted by Crippen LogP contribution is 2.17. The minimum Gasteiger partial charge on any atom is -0.274 e. The maximum Gasteiger partial charge on any atom is 0.296 e. The summed E-state index contributed by atoms with van der Waals surface area (Å²) in [6.45, 7) is 0. The van der Waals surface area contributed by atoms with Gasteiger partial charge in [0, 0.05) is 12.8 Å². The van der Waals surface area contributed by atoms with Crippen LogP contribution in [-0.4, -0.2) is 36.4 Å². The van der Waals surface area contributed by atoms with Crippen molar-refractivity contribution in [1.29, 1.82) is 0 Å². The van der Waals surface area contributed by atoms with Crippen LogP contribution in [0.25, 0.3) is 0 Å². The standard InChI is InChI=1S/C10H13ClN2O2S/c1-13(15-2)10(14)9-7(6-16-3)4-5-8(11)12-9/h4-5H,6H2,1-3H3. The predicted molar refractivity (Wildman–Crippen MR) is 65.6 cm³/mol. The lowest BCUT2D eigenvalue weighted by Gasteiger charge is -2.15. The fourth-order valence-electron chi connectivity index (χ4n) is 1.15. The Kier molecular flexibility index (Phi) is 5.05. The van der Waals surface area contributed by atoms with Gasteiger partial charge in [0.2, 0.25) is 0 Å². The van der Waals surface area contributed by atoms with Gasteiger partial charge in [-0.05, 0) is 17.9 Å². The summed E-state index contributed by atoms with van der Waals surface area (Å²) in [4.78, 5) is 20.8. The summed E-state index contributed by atoms with van der Waals surface area (Å²) in [7, 11) is 2.96. The Morgan fingerprint density at radius 1 is 1.62 bits per heavy atom. The summed E-state index contributed by atoms with van der Waals surface area (Å²) in [6.07, 6.45) is 1.96. The van der Waals surface area contributed by atoms with Gasteiger partial charge >= 0.3 is 0 Å². The number of rotatable bonds is 4. The van der Waals surface area contributed by atoms with Crippen molar-refractivity contribution in [3.05, 3.63) is 28.5 Å². The number of hydrogen-bond donors (Lipinski definition) is 0. The van der Waals surface area contributed by atoms with Crippen LogP contribution in [0.1, 0.15) is 16.1 Å². The summed E-state index contributed by atoms with van der Waals surface area (Å²) in [6, 6.07) is 3.49. The van der Waals surface area contributed by atoms with Crippen LogP contribution in [0.15, 0.2) is 12.1 Å². The lowest BCUT2D eigenvalue weighted by atomic mass is 10.2. The molecule has 0 N–H and O–H groups in total. The van der Waals surface area contributed by atoms with Crippen LogP contribution < -0.4 is 0 Å². The molecule has 0 saturated heterocycles. The zero-order chi connectivity index (χ0) is 12.1. The third kappa shape index (κ3) is 3.10. The van der Waals surface area contributed by atoms with Crippen LogP contribution in [0.5, 0.6) is 0 Å². The summed E-state index contributed by atoms with van der Waals surface area (Å²) < 4.78 is 0. The monoisotopic (exact) mass is 260 g/mol. The molecule has 1 amide bonds. The molecule has 0 atom stereocenters. The highest BCUT2D eigenvalue weighted by molar-refractivity contribution is 7.97. The maximum absolute atomic E-state index is 11.9. The topological polar surface area (TPSA) is 42.4 Å². The van der Waals surface area contributed by atoms with Gasteiger partial charge in [0.25, 0.3) is 5.91 Å². The van der Waals surface area contributed by atoms with Crippen LogP contribution in [0.3, 0.4) is 0 Å². The molecule has 16 heavy (non-hydrogen) atoms. The van der Waals surface area contributed by atoms with Crippen molar-refractivity contribution in [1.82, 2.24) is 10.0 Å². The quantitative estimate of drug-likeness (QED) is 0.615. The molecule has 1 aromatic heterocycles. The molecule has 0 fully saturated rings. The van der Waals surface area contributed by atoms with E-state index in [2.05, 4.69) is 4.98 Å². The molecule has 6 heteroatoms. The van der Waals surface area contributed by atoms with Crippen molar-refractivity contribution in [2.45, 2.75) is 5.75 Å². The van der Waals surface area contributed by atoms with Crippen LogP contribution in [0, 0.1) is 0 Å². The van der Waals surface area contributed by atoms with Crippen molar-refractivity contribution in [2.24, 2.45) is 0 Å². The lowest BCUT2D eigenvalue weighted by molar-refractivity contribution is -0.0761. The molecule has 4 nitrogen and oxygen atoms in total. The minimum absolute atomic E-state index is 0.297. The summed E-state index contributed by atoms with van der Waals surface area (Å²) in [5, 5.41) is 1.43. The predicted octanol–water partition coefficient (Wildman–Crippen LogP) is 2.23. The van der Waals surface area contributed by atoms with Gasteiger partial charge in [-0.1, -0.05) is 17.7 Å². The molecule has 0 bridgehead atoms. The molecule has 0 aromatic carbocycles. The second kappa shape index (κ2) is 6.08. The van der Waals surface area contributed by atoms with Gasteiger partial charge in [-0.3, -0.25) is 9.63 Å². The van der Waals surface area contributed by atoms with Crippen LogP contribution in [0.4, 0.5) is 0 Å². The maximum atomic E-state index is 11.9. The van der Waals surface area contributed by atoms with E-state index in [0.29, 0.717) is 16.6 Å². The number of carbonyl (C=O) groups is 1. The second-order valence-electron chi connectivity index (χ2n) is 3.06. The number of thioether (sulfide) groups is 1. The third-order valence-electron chi connectivity index (χ3n) is 2.01. The molecule has 0 aliphatic heterocycles. The van der Waals surface area contributed by atoms with E-state index in [0.717, 1.165) is 10.6 Å². The summed E-state index contributed by atoms with van der Waals surface area (Å²) >= 11 is 7.40. The van der Waals surface area contributed by atoms with E-state index in [9.17, 15) is 4.79 Å². The first-order chi connectivity index (χ1) is 7.60. The average molecular weight is 261 g/mol. The Morgan fingerprint density at radius 2 is 2.31 bits per heavy atom. The van der Waals surface area contributed by atoms with Gasteiger partial charge in [0.1, 0.15) is 10.8 Å². The molecule has 1 rings (SSSR count). The zero-order valence-corrected chi connectivity index (χ0v) is 10.9. The Balaban J connectivity index is 3.08. The van der Waals surface area contributed by atoms with Gasteiger partial charge in [0.15, 0.2) is 0 Å². The zero-order valence-electron chi connectivity index (χ0n) is 9.36.